The van der Waals surface area contributed by atoms with Crippen molar-refractivity contribution in [3.8, 4) is 11.5 Å². The Morgan fingerprint density at radius 1 is 0.812 bits per heavy atom. The minimum Gasteiger partial charge on any atom is -0.491 e. The summed E-state index contributed by atoms with van der Waals surface area (Å²) in [5, 5.41) is 0. The van der Waals surface area contributed by atoms with Gasteiger partial charge in [-0.1, -0.05) is 0 Å². The zero-order chi connectivity index (χ0) is 12.3. The standard InChI is InChI=1S/C14H22O2/c1-9(2)15-13-7-11(5)14(12(6)8-13)16-10(3)4/h7-10H,1-6H3. The second-order valence-electron chi connectivity index (χ2n) is 4.72. The number of rotatable bonds is 4. The smallest absolute Gasteiger partial charge is 0.125 e. The molecule has 0 radical (unpaired) electrons. The number of aryl methyl sites for hydroxylation is 2. The van der Waals surface area contributed by atoms with Gasteiger partial charge in [-0.3, -0.25) is 0 Å². The molecule has 1 aromatic rings. The minimum atomic E-state index is 0.203. The van der Waals surface area contributed by atoms with Crippen LogP contribution in [0.25, 0.3) is 0 Å². The largest absolute Gasteiger partial charge is 0.491 e. The van der Waals surface area contributed by atoms with E-state index in [9.17, 15) is 0 Å². The van der Waals surface area contributed by atoms with Gasteiger partial charge in [0.2, 0.25) is 0 Å². The molecule has 0 N–H and O–H groups in total. The molecule has 0 amide bonds. The van der Waals surface area contributed by atoms with Gasteiger partial charge in [0.1, 0.15) is 11.5 Å². The third kappa shape index (κ3) is 3.44. The monoisotopic (exact) mass is 222 g/mol. The first-order valence-electron chi connectivity index (χ1n) is 5.84. The fourth-order valence-electron chi connectivity index (χ4n) is 1.67. The summed E-state index contributed by atoms with van der Waals surface area (Å²) in [6.45, 7) is 12.2. The topological polar surface area (TPSA) is 18.5 Å². The molecular formula is C14H22O2. The van der Waals surface area contributed by atoms with Crippen LogP contribution in [-0.2, 0) is 0 Å². The Balaban J connectivity index is 2.98. The Morgan fingerprint density at radius 3 is 1.62 bits per heavy atom. The zero-order valence-corrected chi connectivity index (χ0v) is 11.1. The van der Waals surface area contributed by atoms with Gasteiger partial charge in [-0.15, -0.1) is 0 Å². The summed E-state index contributed by atoms with van der Waals surface area (Å²) in [4.78, 5) is 0. The van der Waals surface area contributed by atoms with Crippen molar-refractivity contribution in [2.24, 2.45) is 0 Å². The van der Waals surface area contributed by atoms with Crippen molar-refractivity contribution < 1.29 is 9.47 Å². The molecule has 0 unspecified atom stereocenters. The molecule has 2 heteroatoms. The molecule has 0 aromatic heterocycles. The molecule has 1 aromatic carbocycles. The Morgan fingerprint density at radius 2 is 1.25 bits per heavy atom. The Bertz CT molecular complexity index is 331. The van der Waals surface area contributed by atoms with E-state index < -0.39 is 0 Å². The fraction of sp³-hybridized carbons (Fsp3) is 0.571. The average Bonchev–Trinajstić information content (AvgIpc) is 2.10. The van der Waals surface area contributed by atoms with Crippen LogP contribution in [-0.4, -0.2) is 12.2 Å². The van der Waals surface area contributed by atoms with Crippen LogP contribution in [0, 0.1) is 13.8 Å². The molecule has 0 aliphatic carbocycles. The van der Waals surface area contributed by atoms with E-state index in [2.05, 4.69) is 13.8 Å². The van der Waals surface area contributed by atoms with Crippen LogP contribution < -0.4 is 9.47 Å². The van der Waals surface area contributed by atoms with Gasteiger partial charge in [0.05, 0.1) is 12.2 Å². The zero-order valence-electron chi connectivity index (χ0n) is 11.1. The van der Waals surface area contributed by atoms with Crippen LogP contribution in [0.15, 0.2) is 12.1 Å². The lowest BCUT2D eigenvalue weighted by Gasteiger charge is -2.17. The molecule has 0 saturated carbocycles. The quantitative estimate of drug-likeness (QED) is 0.769. The average molecular weight is 222 g/mol. The lowest BCUT2D eigenvalue weighted by molar-refractivity contribution is 0.232. The summed E-state index contributed by atoms with van der Waals surface area (Å²) in [6.07, 6.45) is 0.407. The van der Waals surface area contributed by atoms with Crippen LogP contribution in [0.5, 0.6) is 11.5 Å². The van der Waals surface area contributed by atoms with Crippen LogP contribution >= 0.6 is 0 Å². The molecule has 0 spiro atoms. The van der Waals surface area contributed by atoms with E-state index in [4.69, 9.17) is 9.47 Å². The number of ether oxygens (including phenoxy) is 2. The Kier molecular flexibility index (Phi) is 4.22. The highest BCUT2D eigenvalue weighted by Gasteiger charge is 2.09. The molecule has 0 fully saturated rings. The highest BCUT2D eigenvalue weighted by molar-refractivity contribution is 5.46. The first-order valence-corrected chi connectivity index (χ1v) is 5.84. The Hall–Kier alpha value is -1.18. The highest BCUT2D eigenvalue weighted by atomic mass is 16.5. The summed E-state index contributed by atoms with van der Waals surface area (Å²) in [7, 11) is 0. The van der Waals surface area contributed by atoms with Crippen LogP contribution in [0.2, 0.25) is 0 Å². The van der Waals surface area contributed by atoms with Gasteiger partial charge in [0, 0.05) is 0 Å². The molecule has 90 valence electrons. The van der Waals surface area contributed by atoms with Gasteiger partial charge in [-0.25, -0.2) is 0 Å². The number of benzene rings is 1. The van der Waals surface area contributed by atoms with Gasteiger partial charge in [0.25, 0.3) is 0 Å². The van der Waals surface area contributed by atoms with Gasteiger partial charge in [-0.05, 0) is 64.8 Å². The normalized spacial score (nSPS) is 11.0. The van der Waals surface area contributed by atoms with E-state index in [0.29, 0.717) is 0 Å². The van der Waals surface area contributed by atoms with Crippen molar-refractivity contribution in [3.05, 3.63) is 23.3 Å². The van der Waals surface area contributed by atoms with Gasteiger partial charge in [0.15, 0.2) is 0 Å². The van der Waals surface area contributed by atoms with E-state index in [-0.39, 0.29) is 12.2 Å². The minimum absolute atomic E-state index is 0.203. The van der Waals surface area contributed by atoms with Crippen LogP contribution in [0.4, 0.5) is 0 Å². The molecule has 0 aliphatic heterocycles. The fourth-order valence-corrected chi connectivity index (χ4v) is 1.67. The van der Waals surface area contributed by atoms with Crippen molar-refractivity contribution in [2.75, 3.05) is 0 Å². The maximum atomic E-state index is 5.78. The summed E-state index contributed by atoms with van der Waals surface area (Å²) >= 11 is 0. The van der Waals surface area contributed by atoms with Crippen molar-refractivity contribution in [2.45, 2.75) is 53.8 Å². The summed E-state index contributed by atoms with van der Waals surface area (Å²) in [5.74, 6) is 1.90. The van der Waals surface area contributed by atoms with Crippen molar-refractivity contribution >= 4 is 0 Å². The van der Waals surface area contributed by atoms with Crippen LogP contribution in [0.1, 0.15) is 38.8 Å². The lowest BCUT2D eigenvalue weighted by atomic mass is 10.1. The second-order valence-corrected chi connectivity index (χ2v) is 4.72. The van der Waals surface area contributed by atoms with Crippen molar-refractivity contribution in [3.63, 3.8) is 0 Å². The molecule has 0 atom stereocenters. The number of hydrogen-bond acceptors (Lipinski definition) is 2. The van der Waals surface area contributed by atoms with E-state index in [1.165, 1.54) is 0 Å². The van der Waals surface area contributed by atoms with E-state index >= 15 is 0 Å². The van der Waals surface area contributed by atoms with E-state index in [0.717, 1.165) is 22.6 Å². The lowest BCUT2D eigenvalue weighted by Crippen LogP contribution is -2.09. The maximum Gasteiger partial charge on any atom is 0.125 e. The molecule has 1 rings (SSSR count). The van der Waals surface area contributed by atoms with Crippen molar-refractivity contribution in [1.82, 2.24) is 0 Å². The molecule has 2 nitrogen and oxygen atoms in total. The first kappa shape index (κ1) is 12.9. The predicted molar refractivity (Wildman–Crippen MR) is 67.4 cm³/mol. The maximum absolute atomic E-state index is 5.78. The van der Waals surface area contributed by atoms with Crippen molar-refractivity contribution in [1.29, 1.82) is 0 Å². The third-order valence-corrected chi connectivity index (χ3v) is 2.16. The molecule has 16 heavy (non-hydrogen) atoms. The SMILES string of the molecule is Cc1cc(OC(C)C)cc(C)c1OC(C)C. The van der Waals surface area contributed by atoms with Gasteiger partial charge >= 0.3 is 0 Å². The Labute approximate surface area is 98.6 Å². The summed E-state index contributed by atoms with van der Waals surface area (Å²) in [6, 6.07) is 4.06. The third-order valence-electron chi connectivity index (χ3n) is 2.16. The second kappa shape index (κ2) is 5.24. The number of hydrogen-bond donors (Lipinski definition) is 0. The van der Waals surface area contributed by atoms with E-state index in [1.807, 2.05) is 39.8 Å². The molecule has 0 bridgehead atoms. The van der Waals surface area contributed by atoms with Gasteiger partial charge < -0.3 is 9.47 Å². The highest BCUT2D eigenvalue weighted by Crippen LogP contribution is 2.29. The van der Waals surface area contributed by atoms with E-state index in [1.54, 1.807) is 0 Å². The molecule has 0 heterocycles. The summed E-state index contributed by atoms with van der Waals surface area (Å²) < 4.78 is 11.5. The molecule has 0 aliphatic rings. The molecular weight excluding hydrogens is 200 g/mol. The van der Waals surface area contributed by atoms with Gasteiger partial charge in [-0.2, -0.15) is 0 Å². The predicted octanol–water partition coefficient (Wildman–Crippen LogP) is 3.88. The first-order chi connectivity index (χ1) is 7.40. The molecule has 0 saturated heterocycles. The summed E-state index contributed by atoms with van der Waals surface area (Å²) in [5.41, 5.74) is 2.26. The van der Waals surface area contributed by atoms with Crippen LogP contribution in [0.3, 0.4) is 0 Å².